The highest BCUT2D eigenvalue weighted by Gasteiger charge is 2.40. The van der Waals surface area contributed by atoms with Crippen LogP contribution in [0.25, 0.3) is 0 Å². The summed E-state index contributed by atoms with van der Waals surface area (Å²) in [5.41, 5.74) is 8.14. The molecule has 7 nitrogen and oxygen atoms in total. The average Bonchev–Trinajstić information content (AvgIpc) is 3.25. The maximum absolute atomic E-state index is 12.9. The maximum Gasteiger partial charge on any atom is 0.451 e. The van der Waals surface area contributed by atoms with Gasteiger partial charge < -0.3 is 20.3 Å². The number of phenolic OH excluding ortho intramolecular Hbond substituents is 1. The predicted octanol–water partition coefficient (Wildman–Crippen LogP) is 1.79. The highest BCUT2D eigenvalue weighted by Crippen LogP contribution is 2.40. The van der Waals surface area contributed by atoms with Crippen molar-refractivity contribution in [1.82, 2.24) is 19.7 Å². The lowest BCUT2D eigenvalue weighted by atomic mass is 9.91. The van der Waals surface area contributed by atoms with E-state index in [-0.39, 0.29) is 49.5 Å². The van der Waals surface area contributed by atoms with Crippen molar-refractivity contribution in [3.63, 3.8) is 0 Å². The van der Waals surface area contributed by atoms with E-state index < -0.39 is 18.0 Å². The number of hydrogen-bond donors (Lipinski definition) is 2. The SMILES string of the molecule is NC(CC(=O)N1CCn2c(nnc2C(F)(F)F)C1)C1CCc2c(O)cccc21. The number of rotatable bonds is 3. The number of carbonyl (C=O) groups is 1. The molecular weight excluding hydrogens is 375 g/mol. The zero-order chi connectivity index (χ0) is 20.1. The van der Waals surface area contributed by atoms with Gasteiger partial charge in [0.25, 0.3) is 0 Å². The van der Waals surface area contributed by atoms with Crippen molar-refractivity contribution in [3.05, 3.63) is 41.0 Å². The monoisotopic (exact) mass is 395 g/mol. The van der Waals surface area contributed by atoms with E-state index in [1.807, 2.05) is 6.07 Å². The van der Waals surface area contributed by atoms with Crippen LogP contribution in [0.1, 0.15) is 41.5 Å². The van der Waals surface area contributed by atoms with Crippen LogP contribution in [0.3, 0.4) is 0 Å². The molecule has 3 N–H and O–H groups in total. The van der Waals surface area contributed by atoms with Gasteiger partial charge in [0.1, 0.15) is 5.75 Å². The number of alkyl halides is 3. The van der Waals surface area contributed by atoms with Crippen molar-refractivity contribution >= 4 is 5.91 Å². The molecule has 1 aliphatic heterocycles. The lowest BCUT2D eigenvalue weighted by molar-refractivity contribution is -0.148. The topological polar surface area (TPSA) is 97.3 Å². The Labute approximate surface area is 159 Å². The third kappa shape index (κ3) is 3.21. The van der Waals surface area contributed by atoms with Gasteiger partial charge in [-0.3, -0.25) is 4.79 Å². The summed E-state index contributed by atoms with van der Waals surface area (Å²) in [4.78, 5) is 14.1. The molecular formula is C18H20F3N5O2. The van der Waals surface area contributed by atoms with Gasteiger partial charge in [-0.25, -0.2) is 0 Å². The van der Waals surface area contributed by atoms with Crippen molar-refractivity contribution in [2.45, 2.75) is 50.5 Å². The number of hydrogen-bond acceptors (Lipinski definition) is 5. The zero-order valence-electron chi connectivity index (χ0n) is 15.0. The number of aromatic nitrogens is 3. The van der Waals surface area contributed by atoms with Gasteiger partial charge in [0.15, 0.2) is 5.82 Å². The van der Waals surface area contributed by atoms with Crippen molar-refractivity contribution in [2.75, 3.05) is 6.54 Å². The second-order valence-electron chi connectivity index (χ2n) is 7.26. The van der Waals surface area contributed by atoms with E-state index in [4.69, 9.17) is 5.73 Å². The van der Waals surface area contributed by atoms with E-state index >= 15 is 0 Å². The van der Waals surface area contributed by atoms with Gasteiger partial charge in [-0.1, -0.05) is 12.1 Å². The van der Waals surface area contributed by atoms with Crippen LogP contribution < -0.4 is 5.73 Å². The fourth-order valence-corrected chi connectivity index (χ4v) is 4.17. The van der Waals surface area contributed by atoms with Crippen LogP contribution in [0, 0.1) is 0 Å². The molecule has 1 aliphatic carbocycles. The second kappa shape index (κ2) is 6.77. The van der Waals surface area contributed by atoms with Crippen LogP contribution in [0.2, 0.25) is 0 Å². The Morgan fingerprint density at radius 2 is 2.11 bits per heavy atom. The van der Waals surface area contributed by atoms with E-state index in [1.54, 1.807) is 12.1 Å². The first-order valence-corrected chi connectivity index (χ1v) is 9.09. The van der Waals surface area contributed by atoms with Crippen molar-refractivity contribution < 1.29 is 23.1 Å². The predicted molar refractivity (Wildman–Crippen MR) is 92.2 cm³/mol. The molecule has 28 heavy (non-hydrogen) atoms. The highest BCUT2D eigenvalue weighted by atomic mass is 19.4. The Bertz CT molecular complexity index is 911. The molecule has 0 bridgehead atoms. The fourth-order valence-electron chi connectivity index (χ4n) is 4.17. The van der Waals surface area contributed by atoms with Gasteiger partial charge in [0.2, 0.25) is 11.7 Å². The lowest BCUT2D eigenvalue weighted by Crippen LogP contribution is -2.42. The van der Waals surface area contributed by atoms with Crippen LogP contribution in [0.15, 0.2) is 18.2 Å². The molecule has 2 aliphatic rings. The maximum atomic E-state index is 12.9. The first-order chi connectivity index (χ1) is 13.3. The van der Waals surface area contributed by atoms with Crippen LogP contribution in [0.4, 0.5) is 13.2 Å². The van der Waals surface area contributed by atoms with E-state index in [2.05, 4.69) is 10.2 Å². The number of amides is 1. The molecule has 1 aromatic heterocycles. The number of halogens is 3. The van der Waals surface area contributed by atoms with Crippen LogP contribution >= 0.6 is 0 Å². The third-order valence-electron chi connectivity index (χ3n) is 5.58. The van der Waals surface area contributed by atoms with Crippen LogP contribution in [-0.4, -0.2) is 43.3 Å². The highest BCUT2D eigenvalue weighted by molar-refractivity contribution is 5.77. The summed E-state index contributed by atoms with van der Waals surface area (Å²) < 4.78 is 39.8. The minimum atomic E-state index is -4.57. The third-order valence-corrected chi connectivity index (χ3v) is 5.58. The van der Waals surface area contributed by atoms with Crippen molar-refractivity contribution in [1.29, 1.82) is 0 Å². The molecule has 2 heterocycles. The van der Waals surface area contributed by atoms with E-state index in [0.29, 0.717) is 6.42 Å². The molecule has 4 rings (SSSR count). The molecule has 10 heteroatoms. The Balaban J connectivity index is 1.43. The van der Waals surface area contributed by atoms with Crippen LogP contribution in [-0.2, 0) is 30.5 Å². The summed E-state index contributed by atoms with van der Waals surface area (Å²) in [6.07, 6.45) is -3.02. The fraction of sp³-hybridized carbons (Fsp3) is 0.500. The Hall–Kier alpha value is -2.62. The van der Waals surface area contributed by atoms with E-state index in [0.717, 1.165) is 22.1 Å². The van der Waals surface area contributed by atoms with E-state index in [1.165, 1.54) is 4.90 Å². The summed E-state index contributed by atoms with van der Waals surface area (Å²) >= 11 is 0. The average molecular weight is 395 g/mol. The van der Waals surface area contributed by atoms with Gasteiger partial charge >= 0.3 is 6.18 Å². The number of benzene rings is 1. The summed E-state index contributed by atoms with van der Waals surface area (Å²) in [6.45, 7) is 0.136. The number of carbonyl (C=O) groups excluding carboxylic acids is 1. The normalized spacial score (nSPS) is 20.0. The first-order valence-electron chi connectivity index (χ1n) is 9.09. The number of nitrogens with two attached hydrogens (primary N) is 1. The lowest BCUT2D eigenvalue weighted by Gasteiger charge is -2.30. The summed E-state index contributed by atoms with van der Waals surface area (Å²) in [5, 5.41) is 16.8. The molecule has 0 saturated carbocycles. The van der Waals surface area contributed by atoms with Crippen LogP contribution in [0.5, 0.6) is 5.75 Å². The molecule has 2 unspecified atom stereocenters. The molecule has 2 atom stereocenters. The molecule has 0 spiro atoms. The molecule has 1 amide bonds. The molecule has 0 fully saturated rings. The summed E-state index contributed by atoms with van der Waals surface area (Å²) in [7, 11) is 0. The number of nitrogens with zero attached hydrogens (tertiary/aromatic N) is 4. The number of fused-ring (bicyclic) bond motifs is 2. The standard InChI is InChI=1S/C18H20F3N5O2/c19-18(20,21)17-24-23-15-9-25(6-7-26(15)17)16(28)8-13(22)11-4-5-12-10(11)2-1-3-14(12)27/h1-3,11,13,27H,4-9,22H2. The molecule has 2 aromatic rings. The zero-order valence-corrected chi connectivity index (χ0v) is 15.0. The molecule has 0 saturated heterocycles. The first kappa shape index (κ1) is 18.7. The largest absolute Gasteiger partial charge is 0.508 e. The van der Waals surface area contributed by atoms with Gasteiger partial charge in [-0.05, 0) is 30.0 Å². The van der Waals surface area contributed by atoms with Gasteiger partial charge in [0.05, 0.1) is 6.54 Å². The van der Waals surface area contributed by atoms with Gasteiger partial charge in [-0.2, -0.15) is 13.2 Å². The Morgan fingerprint density at radius 1 is 1.32 bits per heavy atom. The number of phenols is 1. The minimum Gasteiger partial charge on any atom is -0.508 e. The Kier molecular flexibility index (Phi) is 4.53. The molecule has 150 valence electrons. The smallest absolute Gasteiger partial charge is 0.451 e. The van der Waals surface area contributed by atoms with Gasteiger partial charge in [0, 0.05) is 31.5 Å². The summed E-state index contributed by atoms with van der Waals surface area (Å²) in [5.74, 6) is -0.917. The van der Waals surface area contributed by atoms with Crippen molar-refractivity contribution in [3.8, 4) is 5.75 Å². The van der Waals surface area contributed by atoms with Gasteiger partial charge in [-0.15, -0.1) is 10.2 Å². The number of aromatic hydroxyl groups is 1. The second-order valence-corrected chi connectivity index (χ2v) is 7.26. The quantitative estimate of drug-likeness (QED) is 0.826. The minimum absolute atomic E-state index is 0.00170. The van der Waals surface area contributed by atoms with Crippen molar-refractivity contribution in [2.24, 2.45) is 5.73 Å². The van der Waals surface area contributed by atoms with E-state index in [9.17, 15) is 23.1 Å². The molecule has 1 aromatic carbocycles. The Morgan fingerprint density at radius 3 is 2.86 bits per heavy atom. The summed E-state index contributed by atoms with van der Waals surface area (Å²) in [6, 6.07) is 4.88. The molecule has 0 radical (unpaired) electrons.